The molecule has 0 atom stereocenters. The maximum absolute atomic E-state index is 10.5. The van der Waals surface area contributed by atoms with Crippen LogP contribution in [-0.4, -0.2) is 5.78 Å². The summed E-state index contributed by atoms with van der Waals surface area (Å²) < 4.78 is 0. The van der Waals surface area contributed by atoms with Gasteiger partial charge in [-0.1, -0.05) is 19.9 Å². The Hall–Kier alpha value is -0.630. The molecule has 1 heterocycles. The van der Waals surface area contributed by atoms with E-state index in [9.17, 15) is 4.79 Å². The molecular formula is C10H16OS. The highest BCUT2D eigenvalue weighted by Gasteiger charge is 1.95. The number of rotatable bonds is 3. The van der Waals surface area contributed by atoms with Crippen LogP contribution in [0.4, 0.5) is 0 Å². The van der Waals surface area contributed by atoms with Gasteiger partial charge in [-0.3, -0.25) is 0 Å². The molecule has 0 unspecified atom stereocenters. The Morgan fingerprint density at radius 2 is 2.17 bits per heavy atom. The zero-order chi connectivity index (χ0) is 9.40. The zero-order valence-corrected chi connectivity index (χ0v) is 8.78. The molecule has 0 aliphatic heterocycles. The molecule has 0 saturated heterocycles. The van der Waals surface area contributed by atoms with E-state index in [-0.39, 0.29) is 5.78 Å². The summed E-state index contributed by atoms with van der Waals surface area (Å²) in [6.07, 6.45) is 1.59. The van der Waals surface area contributed by atoms with Gasteiger partial charge < -0.3 is 4.79 Å². The minimum atomic E-state index is 0.272. The summed E-state index contributed by atoms with van der Waals surface area (Å²) in [4.78, 5) is 11.8. The quantitative estimate of drug-likeness (QED) is 0.704. The number of carbonyl (C=O) groups is 1. The van der Waals surface area contributed by atoms with Crippen LogP contribution in [-0.2, 0) is 11.2 Å². The fraction of sp³-hybridized carbons (Fsp3) is 0.500. The Labute approximate surface area is 78.4 Å². The first-order chi connectivity index (χ1) is 5.79. The van der Waals surface area contributed by atoms with Crippen LogP contribution in [0, 0.1) is 0 Å². The standard InChI is InChI=1S/C8H10OS.C2H6/c1-7(9)4-5-8-3-2-6-10-8;1-2/h2-3,6H,4-5H2,1H3;1-2H3. The van der Waals surface area contributed by atoms with Crippen molar-refractivity contribution in [2.24, 2.45) is 0 Å². The van der Waals surface area contributed by atoms with E-state index in [1.54, 1.807) is 18.3 Å². The van der Waals surface area contributed by atoms with Crippen molar-refractivity contribution in [2.75, 3.05) is 0 Å². The predicted octanol–water partition coefficient (Wildman–Crippen LogP) is 3.30. The Balaban J connectivity index is 0.000000561. The maximum Gasteiger partial charge on any atom is 0.130 e. The molecule has 1 aromatic heterocycles. The van der Waals surface area contributed by atoms with Crippen LogP contribution in [0.25, 0.3) is 0 Å². The second kappa shape index (κ2) is 7.04. The molecular weight excluding hydrogens is 168 g/mol. The minimum absolute atomic E-state index is 0.272. The lowest BCUT2D eigenvalue weighted by Gasteiger charge is -1.90. The van der Waals surface area contributed by atoms with Crippen molar-refractivity contribution in [3.05, 3.63) is 22.4 Å². The lowest BCUT2D eigenvalue weighted by Crippen LogP contribution is -1.91. The average Bonchev–Trinajstić information content (AvgIpc) is 2.56. The van der Waals surface area contributed by atoms with Crippen molar-refractivity contribution in [2.45, 2.75) is 33.6 Å². The van der Waals surface area contributed by atoms with Crippen LogP contribution in [0.15, 0.2) is 17.5 Å². The lowest BCUT2D eigenvalue weighted by molar-refractivity contribution is -0.116. The first kappa shape index (κ1) is 11.4. The Bertz CT molecular complexity index is 202. The number of thiophene rings is 1. The van der Waals surface area contributed by atoms with Crippen molar-refractivity contribution >= 4 is 17.1 Å². The number of aryl methyl sites for hydroxylation is 1. The fourth-order valence-electron chi connectivity index (χ4n) is 0.754. The van der Waals surface area contributed by atoms with E-state index < -0.39 is 0 Å². The largest absolute Gasteiger partial charge is 0.300 e. The van der Waals surface area contributed by atoms with E-state index in [1.807, 2.05) is 25.3 Å². The van der Waals surface area contributed by atoms with E-state index in [2.05, 4.69) is 6.07 Å². The van der Waals surface area contributed by atoms with Crippen molar-refractivity contribution in [1.29, 1.82) is 0 Å². The predicted molar refractivity (Wildman–Crippen MR) is 54.7 cm³/mol. The summed E-state index contributed by atoms with van der Waals surface area (Å²) in [6, 6.07) is 4.08. The van der Waals surface area contributed by atoms with Crippen molar-refractivity contribution in [1.82, 2.24) is 0 Å². The Morgan fingerprint density at radius 1 is 1.50 bits per heavy atom. The van der Waals surface area contributed by atoms with E-state index in [4.69, 9.17) is 0 Å². The van der Waals surface area contributed by atoms with Crippen LogP contribution < -0.4 is 0 Å². The monoisotopic (exact) mass is 184 g/mol. The van der Waals surface area contributed by atoms with Crippen LogP contribution in [0.3, 0.4) is 0 Å². The van der Waals surface area contributed by atoms with Gasteiger partial charge in [-0.15, -0.1) is 11.3 Å². The summed E-state index contributed by atoms with van der Waals surface area (Å²) in [5.41, 5.74) is 0. The molecule has 2 heteroatoms. The van der Waals surface area contributed by atoms with Crippen LogP contribution in [0.5, 0.6) is 0 Å². The van der Waals surface area contributed by atoms with Gasteiger partial charge in [0.15, 0.2) is 0 Å². The van der Waals surface area contributed by atoms with E-state index in [0.29, 0.717) is 6.42 Å². The molecule has 0 aromatic carbocycles. The van der Waals surface area contributed by atoms with Gasteiger partial charge in [0, 0.05) is 11.3 Å². The second-order valence-electron chi connectivity index (χ2n) is 2.28. The van der Waals surface area contributed by atoms with Crippen LogP contribution >= 0.6 is 11.3 Å². The molecule has 1 aromatic rings. The molecule has 0 spiro atoms. The SMILES string of the molecule is CC.CC(=O)CCc1cccs1. The first-order valence-corrected chi connectivity index (χ1v) is 5.19. The molecule has 0 N–H and O–H groups in total. The summed E-state index contributed by atoms with van der Waals surface area (Å²) >= 11 is 1.71. The number of Topliss-reactive ketones (excluding diaryl/α,β-unsaturated/α-hetero) is 1. The van der Waals surface area contributed by atoms with Crippen LogP contribution in [0.1, 0.15) is 32.1 Å². The molecule has 0 amide bonds. The highest BCUT2D eigenvalue weighted by Crippen LogP contribution is 2.10. The summed E-state index contributed by atoms with van der Waals surface area (Å²) in [7, 11) is 0. The molecule has 1 rings (SSSR count). The summed E-state index contributed by atoms with van der Waals surface area (Å²) in [5.74, 6) is 0.272. The number of hydrogen-bond donors (Lipinski definition) is 0. The van der Waals surface area contributed by atoms with Crippen molar-refractivity contribution in [3.63, 3.8) is 0 Å². The van der Waals surface area contributed by atoms with Gasteiger partial charge >= 0.3 is 0 Å². The van der Waals surface area contributed by atoms with Gasteiger partial charge in [0.05, 0.1) is 0 Å². The molecule has 0 aliphatic carbocycles. The number of hydrogen-bond acceptors (Lipinski definition) is 2. The topological polar surface area (TPSA) is 17.1 Å². The van der Waals surface area contributed by atoms with Gasteiger partial charge in [0.2, 0.25) is 0 Å². The third-order valence-corrected chi connectivity index (χ3v) is 2.24. The Kier molecular flexibility index (Phi) is 6.67. The van der Waals surface area contributed by atoms with E-state index in [0.717, 1.165) is 6.42 Å². The minimum Gasteiger partial charge on any atom is -0.300 e. The van der Waals surface area contributed by atoms with E-state index in [1.165, 1.54) is 4.88 Å². The third-order valence-electron chi connectivity index (χ3n) is 1.30. The molecule has 0 radical (unpaired) electrons. The fourth-order valence-corrected chi connectivity index (χ4v) is 1.46. The van der Waals surface area contributed by atoms with Crippen molar-refractivity contribution < 1.29 is 4.79 Å². The highest BCUT2D eigenvalue weighted by molar-refractivity contribution is 7.09. The van der Waals surface area contributed by atoms with Crippen molar-refractivity contribution in [3.8, 4) is 0 Å². The molecule has 0 bridgehead atoms. The number of ketones is 1. The zero-order valence-electron chi connectivity index (χ0n) is 7.96. The van der Waals surface area contributed by atoms with E-state index >= 15 is 0 Å². The molecule has 0 fully saturated rings. The summed E-state index contributed by atoms with van der Waals surface area (Å²) in [5, 5.41) is 2.04. The van der Waals surface area contributed by atoms with Gasteiger partial charge in [-0.2, -0.15) is 0 Å². The van der Waals surface area contributed by atoms with Gasteiger partial charge in [-0.25, -0.2) is 0 Å². The average molecular weight is 184 g/mol. The third kappa shape index (κ3) is 5.08. The normalized spacial score (nSPS) is 8.58. The maximum atomic E-state index is 10.5. The lowest BCUT2D eigenvalue weighted by atomic mass is 10.2. The first-order valence-electron chi connectivity index (χ1n) is 4.31. The Morgan fingerprint density at radius 3 is 2.58 bits per heavy atom. The van der Waals surface area contributed by atoms with Gasteiger partial charge in [-0.05, 0) is 24.8 Å². The smallest absolute Gasteiger partial charge is 0.130 e. The highest BCUT2D eigenvalue weighted by atomic mass is 32.1. The second-order valence-corrected chi connectivity index (χ2v) is 3.31. The molecule has 68 valence electrons. The molecule has 1 nitrogen and oxygen atoms in total. The van der Waals surface area contributed by atoms with Crippen LogP contribution in [0.2, 0.25) is 0 Å². The molecule has 12 heavy (non-hydrogen) atoms. The summed E-state index contributed by atoms with van der Waals surface area (Å²) in [6.45, 7) is 5.63. The van der Waals surface area contributed by atoms with Gasteiger partial charge in [0.25, 0.3) is 0 Å². The molecule has 0 aliphatic rings. The van der Waals surface area contributed by atoms with Gasteiger partial charge in [0.1, 0.15) is 5.78 Å². The number of carbonyl (C=O) groups excluding carboxylic acids is 1. The molecule has 0 saturated carbocycles.